The largest absolute Gasteiger partial charge is 0.355 e. The fourth-order valence-electron chi connectivity index (χ4n) is 3.88. The third kappa shape index (κ3) is 3.20. The van der Waals surface area contributed by atoms with E-state index < -0.39 is 5.66 Å². The molecule has 26 heavy (non-hydrogen) atoms. The van der Waals surface area contributed by atoms with Crippen LogP contribution in [0.5, 0.6) is 0 Å². The van der Waals surface area contributed by atoms with E-state index in [2.05, 4.69) is 19.2 Å². The second kappa shape index (κ2) is 7.09. The molecule has 3 amide bonds. The van der Waals surface area contributed by atoms with E-state index in [1.165, 1.54) is 0 Å². The van der Waals surface area contributed by atoms with Crippen molar-refractivity contribution >= 4 is 23.4 Å². The van der Waals surface area contributed by atoms with Crippen LogP contribution in [-0.2, 0) is 9.59 Å². The molecule has 2 heterocycles. The molecule has 1 saturated heterocycles. The SMILES string of the molecule is CC(C)CCCNC(=O)CN1C(=O)c2ccccc2N2C(=O)CC[C@]12C. The standard InChI is InChI=1S/C20H27N3O3/c1-14(2)7-6-12-21-17(24)13-22-19(26)15-8-4-5-9-16(15)23-18(25)10-11-20(22,23)3/h4-5,8-9,14H,6-7,10-13H2,1-3H3,(H,21,24)/t20-/m1/s1. The van der Waals surface area contributed by atoms with Crippen molar-refractivity contribution in [1.82, 2.24) is 10.2 Å². The second-order valence-corrected chi connectivity index (χ2v) is 7.74. The van der Waals surface area contributed by atoms with Crippen LogP contribution < -0.4 is 10.2 Å². The quantitative estimate of drug-likeness (QED) is 0.796. The summed E-state index contributed by atoms with van der Waals surface area (Å²) in [4.78, 5) is 41.2. The van der Waals surface area contributed by atoms with Gasteiger partial charge in [-0.15, -0.1) is 0 Å². The zero-order valence-electron chi connectivity index (χ0n) is 15.7. The number of nitrogens with zero attached hydrogens (tertiary/aromatic N) is 2. The highest BCUT2D eigenvalue weighted by molar-refractivity contribution is 6.11. The molecule has 2 aliphatic heterocycles. The number of nitrogens with one attached hydrogen (secondary N) is 1. The Balaban J connectivity index is 1.78. The van der Waals surface area contributed by atoms with E-state index in [1.807, 2.05) is 13.0 Å². The van der Waals surface area contributed by atoms with Crippen molar-refractivity contribution in [3.05, 3.63) is 29.8 Å². The highest BCUT2D eigenvalue weighted by Crippen LogP contribution is 2.43. The molecule has 0 saturated carbocycles. The predicted octanol–water partition coefficient (Wildman–Crippen LogP) is 2.54. The minimum Gasteiger partial charge on any atom is -0.355 e. The van der Waals surface area contributed by atoms with E-state index in [0.717, 1.165) is 12.8 Å². The van der Waals surface area contributed by atoms with Crippen molar-refractivity contribution in [3.63, 3.8) is 0 Å². The average Bonchev–Trinajstić information content (AvgIpc) is 2.91. The van der Waals surface area contributed by atoms with Gasteiger partial charge in [0.15, 0.2) is 0 Å². The van der Waals surface area contributed by atoms with Crippen LogP contribution in [0.25, 0.3) is 0 Å². The monoisotopic (exact) mass is 357 g/mol. The molecule has 0 radical (unpaired) electrons. The smallest absolute Gasteiger partial charge is 0.258 e. The summed E-state index contributed by atoms with van der Waals surface area (Å²) in [5.41, 5.74) is 0.349. The number of carbonyl (C=O) groups is 3. The summed E-state index contributed by atoms with van der Waals surface area (Å²) >= 11 is 0. The first-order valence-electron chi connectivity index (χ1n) is 9.35. The number of carbonyl (C=O) groups excluding carboxylic acids is 3. The summed E-state index contributed by atoms with van der Waals surface area (Å²) in [6.45, 7) is 6.75. The first-order valence-corrected chi connectivity index (χ1v) is 9.35. The molecule has 0 spiro atoms. The number of benzene rings is 1. The molecule has 1 aromatic rings. The van der Waals surface area contributed by atoms with E-state index in [1.54, 1.807) is 28.0 Å². The van der Waals surface area contributed by atoms with Crippen LogP contribution in [-0.4, -0.2) is 41.4 Å². The summed E-state index contributed by atoms with van der Waals surface area (Å²) in [6, 6.07) is 7.13. The molecular formula is C20H27N3O3. The minimum absolute atomic E-state index is 0.00482. The van der Waals surface area contributed by atoms with Gasteiger partial charge in [-0.25, -0.2) is 0 Å². The Morgan fingerprint density at radius 1 is 1.27 bits per heavy atom. The van der Waals surface area contributed by atoms with Gasteiger partial charge in [0.25, 0.3) is 5.91 Å². The number of amides is 3. The van der Waals surface area contributed by atoms with Gasteiger partial charge in [-0.3, -0.25) is 19.3 Å². The molecule has 1 fully saturated rings. The molecule has 6 heteroatoms. The summed E-state index contributed by atoms with van der Waals surface area (Å²) in [5, 5.41) is 2.90. The van der Waals surface area contributed by atoms with Crippen LogP contribution in [0.15, 0.2) is 24.3 Å². The molecule has 140 valence electrons. The molecule has 0 unspecified atom stereocenters. The molecule has 2 aliphatic rings. The van der Waals surface area contributed by atoms with Gasteiger partial charge in [-0.1, -0.05) is 26.0 Å². The number of anilines is 1. The van der Waals surface area contributed by atoms with Crippen LogP contribution in [0.1, 0.15) is 56.8 Å². The zero-order valence-corrected chi connectivity index (χ0v) is 15.7. The summed E-state index contributed by atoms with van der Waals surface area (Å²) in [5.74, 6) is 0.229. The van der Waals surface area contributed by atoms with Gasteiger partial charge < -0.3 is 10.2 Å². The van der Waals surface area contributed by atoms with Crippen molar-refractivity contribution in [2.24, 2.45) is 5.92 Å². The van der Waals surface area contributed by atoms with Crippen molar-refractivity contribution in [2.45, 2.75) is 52.1 Å². The Bertz CT molecular complexity index is 731. The first kappa shape index (κ1) is 18.4. The van der Waals surface area contributed by atoms with Crippen molar-refractivity contribution in [1.29, 1.82) is 0 Å². The van der Waals surface area contributed by atoms with Gasteiger partial charge in [-0.2, -0.15) is 0 Å². The normalized spacial score (nSPS) is 21.8. The number of hydrogen-bond donors (Lipinski definition) is 1. The molecule has 1 N–H and O–H groups in total. The maximum Gasteiger partial charge on any atom is 0.258 e. The molecule has 0 aliphatic carbocycles. The maximum absolute atomic E-state index is 13.0. The lowest BCUT2D eigenvalue weighted by molar-refractivity contribution is -0.124. The van der Waals surface area contributed by atoms with Crippen LogP contribution in [0, 0.1) is 5.92 Å². The minimum atomic E-state index is -0.780. The highest BCUT2D eigenvalue weighted by Gasteiger charge is 2.53. The van der Waals surface area contributed by atoms with Crippen LogP contribution >= 0.6 is 0 Å². The van der Waals surface area contributed by atoms with Crippen LogP contribution in [0.4, 0.5) is 5.69 Å². The maximum atomic E-state index is 13.0. The summed E-state index contributed by atoms with van der Waals surface area (Å²) in [7, 11) is 0. The molecule has 6 nitrogen and oxygen atoms in total. The number of fused-ring (bicyclic) bond motifs is 3. The van der Waals surface area contributed by atoms with Gasteiger partial charge in [-0.05, 0) is 44.2 Å². The topological polar surface area (TPSA) is 69.7 Å². The van der Waals surface area contributed by atoms with Gasteiger partial charge in [0.1, 0.15) is 12.2 Å². The third-order valence-corrected chi connectivity index (χ3v) is 5.33. The van der Waals surface area contributed by atoms with Crippen molar-refractivity contribution in [3.8, 4) is 0 Å². The third-order valence-electron chi connectivity index (χ3n) is 5.33. The van der Waals surface area contributed by atoms with E-state index >= 15 is 0 Å². The lowest BCUT2D eigenvalue weighted by Crippen LogP contribution is -2.63. The van der Waals surface area contributed by atoms with E-state index in [0.29, 0.717) is 36.6 Å². The molecule has 0 bridgehead atoms. The van der Waals surface area contributed by atoms with E-state index in [9.17, 15) is 14.4 Å². The van der Waals surface area contributed by atoms with E-state index in [-0.39, 0.29) is 24.3 Å². The number of para-hydroxylation sites is 1. The number of hydrogen-bond acceptors (Lipinski definition) is 3. The summed E-state index contributed by atoms with van der Waals surface area (Å²) < 4.78 is 0. The van der Waals surface area contributed by atoms with Gasteiger partial charge >= 0.3 is 0 Å². The molecule has 1 aromatic carbocycles. The molecule has 3 rings (SSSR count). The second-order valence-electron chi connectivity index (χ2n) is 7.74. The van der Waals surface area contributed by atoms with Crippen molar-refractivity contribution < 1.29 is 14.4 Å². The first-order chi connectivity index (χ1) is 12.3. The van der Waals surface area contributed by atoms with Gasteiger partial charge in [0, 0.05) is 13.0 Å². The van der Waals surface area contributed by atoms with Gasteiger partial charge in [0.2, 0.25) is 11.8 Å². The van der Waals surface area contributed by atoms with Crippen molar-refractivity contribution in [2.75, 3.05) is 18.0 Å². The Labute approximate surface area is 154 Å². The fourth-order valence-corrected chi connectivity index (χ4v) is 3.88. The lowest BCUT2D eigenvalue weighted by Gasteiger charge is -2.48. The molecule has 0 aromatic heterocycles. The Morgan fingerprint density at radius 2 is 2.00 bits per heavy atom. The Kier molecular flexibility index (Phi) is 5.03. The lowest BCUT2D eigenvalue weighted by atomic mass is 9.98. The molecule has 1 atom stereocenters. The predicted molar refractivity (Wildman–Crippen MR) is 99.7 cm³/mol. The highest BCUT2D eigenvalue weighted by atomic mass is 16.2. The number of rotatable bonds is 6. The zero-order chi connectivity index (χ0) is 18.9. The van der Waals surface area contributed by atoms with Gasteiger partial charge in [0.05, 0.1) is 11.3 Å². The molecular weight excluding hydrogens is 330 g/mol. The summed E-state index contributed by atoms with van der Waals surface area (Å²) in [6.07, 6.45) is 2.88. The Morgan fingerprint density at radius 3 is 2.73 bits per heavy atom. The Hall–Kier alpha value is -2.37. The fraction of sp³-hybridized carbons (Fsp3) is 0.550. The average molecular weight is 357 g/mol. The van der Waals surface area contributed by atoms with Crippen LogP contribution in [0.2, 0.25) is 0 Å². The van der Waals surface area contributed by atoms with E-state index in [4.69, 9.17) is 0 Å². The van der Waals surface area contributed by atoms with Crippen LogP contribution in [0.3, 0.4) is 0 Å².